The third kappa shape index (κ3) is 3.47. The Kier molecular flexibility index (Phi) is 4.68. The van der Waals surface area contributed by atoms with Crippen molar-refractivity contribution in [2.45, 2.75) is 18.4 Å². The van der Waals surface area contributed by atoms with Crippen LogP contribution in [-0.2, 0) is 10.4 Å². The van der Waals surface area contributed by atoms with E-state index in [2.05, 4.69) is 0 Å². The Morgan fingerprint density at radius 1 is 0.800 bits per heavy atom. The zero-order valence-electron chi connectivity index (χ0n) is 14.0. The number of carboxylic acids is 1. The molecule has 3 aromatic carbocycles. The average molecular weight is 332 g/mol. The fourth-order valence-electron chi connectivity index (χ4n) is 3.15. The molecule has 3 nitrogen and oxygen atoms in total. The van der Waals surface area contributed by atoms with Crippen LogP contribution in [0, 0.1) is 0 Å². The summed E-state index contributed by atoms with van der Waals surface area (Å²) in [7, 11) is 0. The van der Waals surface area contributed by atoms with Crippen molar-refractivity contribution in [1.82, 2.24) is 0 Å². The molecule has 0 aliphatic carbocycles. The van der Waals surface area contributed by atoms with E-state index in [-0.39, 0.29) is 0 Å². The van der Waals surface area contributed by atoms with Crippen LogP contribution in [0.2, 0.25) is 0 Å². The highest BCUT2D eigenvalue weighted by molar-refractivity contribution is 5.78. The van der Waals surface area contributed by atoms with Crippen molar-refractivity contribution in [3.8, 4) is 11.1 Å². The number of hydrogen-bond acceptors (Lipinski definition) is 2. The molecule has 3 aromatic rings. The molecule has 3 heteroatoms. The van der Waals surface area contributed by atoms with Crippen LogP contribution in [0.15, 0.2) is 84.9 Å². The van der Waals surface area contributed by atoms with Gasteiger partial charge in [-0.25, -0.2) is 0 Å². The van der Waals surface area contributed by atoms with Gasteiger partial charge in [-0.05, 0) is 29.2 Å². The van der Waals surface area contributed by atoms with Crippen molar-refractivity contribution in [2.75, 3.05) is 0 Å². The van der Waals surface area contributed by atoms with E-state index >= 15 is 0 Å². The van der Waals surface area contributed by atoms with E-state index in [0.717, 1.165) is 11.1 Å². The van der Waals surface area contributed by atoms with Crippen LogP contribution in [0.25, 0.3) is 11.1 Å². The lowest BCUT2D eigenvalue weighted by atomic mass is 9.78. The van der Waals surface area contributed by atoms with E-state index in [1.165, 1.54) is 0 Å². The highest BCUT2D eigenvalue weighted by Gasteiger charge is 2.40. The molecule has 0 amide bonds. The molecule has 126 valence electrons. The van der Waals surface area contributed by atoms with Crippen LogP contribution < -0.4 is 0 Å². The Hall–Kier alpha value is -2.91. The van der Waals surface area contributed by atoms with Gasteiger partial charge in [0.2, 0.25) is 0 Å². The minimum absolute atomic E-state index is 0.570. The van der Waals surface area contributed by atoms with Gasteiger partial charge in [0, 0.05) is 0 Å². The number of aliphatic hydroxyl groups is 1. The SMILES string of the molecule is C[C@](O)(c1ccccc1)[C@H](C(=O)O)c1ccc(-c2ccccc2)cc1. The van der Waals surface area contributed by atoms with Crippen molar-refractivity contribution in [3.05, 3.63) is 96.1 Å². The number of hydrogen-bond donors (Lipinski definition) is 2. The van der Waals surface area contributed by atoms with E-state index in [0.29, 0.717) is 11.1 Å². The smallest absolute Gasteiger partial charge is 0.314 e. The van der Waals surface area contributed by atoms with E-state index in [1.807, 2.05) is 48.5 Å². The minimum atomic E-state index is -1.51. The molecule has 0 aliphatic rings. The van der Waals surface area contributed by atoms with E-state index in [1.54, 1.807) is 43.3 Å². The zero-order chi connectivity index (χ0) is 17.9. The Balaban J connectivity index is 1.98. The van der Waals surface area contributed by atoms with Gasteiger partial charge in [0.15, 0.2) is 0 Å². The zero-order valence-corrected chi connectivity index (χ0v) is 14.0. The van der Waals surface area contributed by atoms with Crippen LogP contribution >= 0.6 is 0 Å². The molecule has 0 aromatic heterocycles. The van der Waals surface area contributed by atoms with Gasteiger partial charge in [-0.2, -0.15) is 0 Å². The summed E-state index contributed by atoms with van der Waals surface area (Å²) in [5, 5.41) is 20.7. The molecule has 2 N–H and O–H groups in total. The fraction of sp³-hybridized carbons (Fsp3) is 0.136. The topological polar surface area (TPSA) is 57.5 Å². The van der Waals surface area contributed by atoms with Gasteiger partial charge in [-0.3, -0.25) is 4.79 Å². The molecule has 0 spiro atoms. The Morgan fingerprint density at radius 3 is 1.80 bits per heavy atom. The first-order chi connectivity index (χ1) is 12.0. The summed E-state index contributed by atoms with van der Waals surface area (Å²) >= 11 is 0. The second-order valence-electron chi connectivity index (χ2n) is 6.27. The standard InChI is InChI=1S/C22H20O3/c1-22(25,19-10-6-3-7-11-19)20(21(23)24)18-14-12-17(13-15-18)16-8-4-2-5-9-16/h2-15,20,25H,1H3,(H,23,24)/t20-,22-/m0/s1. The third-order valence-corrected chi connectivity index (χ3v) is 4.52. The monoisotopic (exact) mass is 332 g/mol. The number of aliphatic carboxylic acids is 1. The summed E-state index contributed by atoms with van der Waals surface area (Å²) in [6, 6.07) is 26.1. The number of carboxylic acid groups (broad SMARTS) is 1. The fourth-order valence-corrected chi connectivity index (χ4v) is 3.15. The van der Waals surface area contributed by atoms with Gasteiger partial charge in [0.05, 0.1) is 0 Å². The molecular weight excluding hydrogens is 312 g/mol. The molecule has 2 atom stereocenters. The van der Waals surface area contributed by atoms with Crippen molar-refractivity contribution in [2.24, 2.45) is 0 Å². The molecule has 0 radical (unpaired) electrons. The van der Waals surface area contributed by atoms with Gasteiger partial charge >= 0.3 is 5.97 Å². The van der Waals surface area contributed by atoms with Crippen LogP contribution in [0.3, 0.4) is 0 Å². The maximum absolute atomic E-state index is 11.9. The molecule has 0 heterocycles. The maximum Gasteiger partial charge on any atom is 0.314 e. The largest absolute Gasteiger partial charge is 0.481 e. The Labute approximate surface area is 147 Å². The number of carbonyl (C=O) groups is 1. The Morgan fingerprint density at radius 2 is 1.28 bits per heavy atom. The summed E-state index contributed by atoms with van der Waals surface area (Å²) in [6.45, 7) is 1.55. The highest BCUT2D eigenvalue weighted by atomic mass is 16.4. The lowest BCUT2D eigenvalue weighted by Crippen LogP contribution is -2.35. The summed E-state index contributed by atoms with van der Waals surface area (Å²) in [6.07, 6.45) is 0. The normalized spacial score (nSPS) is 14.5. The summed E-state index contributed by atoms with van der Waals surface area (Å²) in [4.78, 5) is 11.9. The quantitative estimate of drug-likeness (QED) is 0.727. The van der Waals surface area contributed by atoms with E-state index in [9.17, 15) is 15.0 Å². The van der Waals surface area contributed by atoms with Crippen molar-refractivity contribution in [3.63, 3.8) is 0 Å². The lowest BCUT2D eigenvalue weighted by molar-refractivity contribution is -0.145. The first-order valence-corrected chi connectivity index (χ1v) is 8.16. The van der Waals surface area contributed by atoms with Gasteiger partial charge < -0.3 is 10.2 Å². The van der Waals surface area contributed by atoms with Gasteiger partial charge in [-0.1, -0.05) is 84.9 Å². The van der Waals surface area contributed by atoms with E-state index < -0.39 is 17.5 Å². The molecular formula is C22H20O3. The minimum Gasteiger partial charge on any atom is -0.481 e. The molecule has 0 bridgehead atoms. The van der Waals surface area contributed by atoms with Crippen LogP contribution in [-0.4, -0.2) is 16.2 Å². The average Bonchev–Trinajstić information content (AvgIpc) is 2.63. The van der Waals surface area contributed by atoms with Gasteiger partial charge in [0.1, 0.15) is 11.5 Å². The van der Waals surface area contributed by atoms with Crippen LogP contribution in [0.4, 0.5) is 0 Å². The van der Waals surface area contributed by atoms with Crippen LogP contribution in [0.1, 0.15) is 24.0 Å². The summed E-state index contributed by atoms with van der Waals surface area (Å²) in [5.41, 5.74) is 1.71. The molecule has 0 fully saturated rings. The van der Waals surface area contributed by atoms with Crippen molar-refractivity contribution >= 4 is 5.97 Å². The second-order valence-corrected chi connectivity index (χ2v) is 6.27. The molecule has 25 heavy (non-hydrogen) atoms. The summed E-state index contributed by atoms with van der Waals surface area (Å²) < 4.78 is 0. The first kappa shape index (κ1) is 16.9. The highest BCUT2D eigenvalue weighted by Crippen LogP contribution is 2.37. The molecule has 0 unspecified atom stereocenters. The molecule has 0 aliphatic heterocycles. The molecule has 3 rings (SSSR count). The number of rotatable bonds is 5. The lowest BCUT2D eigenvalue weighted by Gasteiger charge is -2.31. The van der Waals surface area contributed by atoms with Gasteiger partial charge in [0.25, 0.3) is 0 Å². The summed E-state index contributed by atoms with van der Waals surface area (Å²) in [5.74, 6) is -2.11. The number of benzene rings is 3. The van der Waals surface area contributed by atoms with Crippen molar-refractivity contribution < 1.29 is 15.0 Å². The predicted molar refractivity (Wildman–Crippen MR) is 98.3 cm³/mol. The van der Waals surface area contributed by atoms with Crippen molar-refractivity contribution in [1.29, 1.82) is 0 Å². The molecule has 0 saturated carbocycles. The Bertz CT molecular complexity index is 837. The molecule has 0 saturated heterocycles. The second kappa shape index (κ2) is 6.91. The van der Waals surface area contributed by atoms with Gasteiger partial charge in [-0.15, -0.1) is 0 Å². The third-order valence-electron chi connectivity index (χ3n) is 4.52. The predicted octanol–water partition coefficient (Wildman–Crippen LogP) is 4.43. The first-order valence-electron chi connectivity index (χ1n) is 8.16. The van der Waals surface area contributed by atoms with E-state index in [4.69, 9.17) is 0 Å². The van der Waals surface area contributed by atoms with Crippen LogP contribution in [0.5, 0.6) is 0 Å². The maximum atomic E-state index is 11.9.